The Hall–Kier alpha value is -2.56. The minimum atomic E-state index is -3.70. The van der Waals surface area contributed by atoms with E-state index in [1.807, 2.05) is 0 Å². The van der Waals surface area contributed by atoms with E-state index in [1.165, 1.54) is 33.5 Å². The first kappa shape index (κ1) is 22.1. The van der Waals surface area contributed by atoms with E-state index in [9.17, 15) is 26.8 Å². The van der Waals surface area contributed by atoms with Gasteiger partial charge in [-0.05, 0) is 36.4 Å². The maximum absolute atomic E-state index is 13.6. The molecule has 2 aromatic rings. The monoisotopic (exact) mass is 457 g/mol. The average Bonchev–Trinajstić information content (AvgIpc) is 2.72. The molecule has 0 unspecified atom stereocenters. The van der Waals surface area contributed by atoms with Crippen LogP contribution in [0.1, 0.15) is 10.4 Å². The molecule has 1 aliphatic heterocycles. The molecular formula is C19H18ClF2N3O4S. The van der Waals surface area contributed by atoms with Gasteiger partial charge in [0.1, 0.15) is 11.6 Å². The van der Waals surface area contributed by atoms with E-state index in [0.29, 0.717) is 11.1 Å². The number of sulfonamides is 1. The van der Waals surface area contributed by atoms with Gasteiger partial charge in [-0.1, -0.05) is 11.6 Å². The molecular weight excluding hydrogens is 440 g/mol. The Labute approximate surface area is 177 Å². The summed E-state index contributed by atoms with van der Waals surface area (Å²) in [5.41, 5.74) is -0.372. The summed E-state index contributed by atoms with van der Waals surface area (Å²) in [4.78, 5) is 25.8. The van der Waals surface area contributed by atoms with Crippen LogP contribution in [0, 0.1) is 11.6 Å². The lowest BCUT2D eigenvalue weighted by Gasteiger charge is -2.34. The maximum Gasteiger partial charge on any atom is 0.254 e. The minimum Gasteiger partial charge on any atom is -0.343 e. The van der Waals surface area contributed by atoms with Crippen LogP contribution in [-0.4, -0.2) is 62.2 Å². The highest BCUT2D eigenvalue weighted by Crippen LogP contribution is 2.20. The van der Waals surface area contributed by atoms with E-state index in [2.05, 4.69) is 5.32 Å². The number of nitrogens with one attached hydrogen (secondary N) is 1. The summed E-state index contributed by atoms with van der Waals surface area (Å²) in [6, 6.07) is 8.32. The van der Waals surface area contributed by atoms with Crippen LogP contribution in [0.15, 0.2) is 47.4 Å². The van der Waals surface area contributed by atoms with Crippen LogP contribution >= 0.6 is 11.6 Å². The molecule has 0 saturated carbocycles. The number of benzene rings is 2. The van der Waals surface area contributed by atoms with E-state index < -0.39 is 33.5 Å². The van der Waals surface area contributed by atoms with Crippen molar-refractivity contribution in [3.8, 4) is 0 Å². The van der Waals surface area contributed by atoms with Gasteiger partial charge in [-0.15, -0.1) is 0 Å². The molecule has 2 amide bonds. The van der Waals surface area contributed by atoms with Crippen LogP contribution in [0.2, 0.25) is 5.02 Å². The van der Waals surface area contributed by atoms with Gasteiger partial charge in [-0.2, -0.15) is 4.31 Å². The van der Waals surface area contributed by atoms with Gasteiger partial charge < -0.3 is 10.2 Å². The first-order valence-corrected chi connectivity index (χ1v) is 10.8. The zero-order valence-corrected chi connectivity index (χ0v) is 17.2. The zero-order valence-electron chi connectivity index (χ0n) is 15.6. The minimum absolute atomic E-state index is 0.0945. The average molecular weight is 458 g/mol. The molecule has 1 saturated heterocycles. The summed E-state index contributed by atoms with van der Waals surface area (Å²) < 4.78 is 53.2. The molecule has 0 radical (unpaired) electrons. The standard InChI is InChI=1S/C19H18ClF2N3O4S/c20-13-1-4-15(5-2-13)30(28,29)25-9-7-24(8-10-25)18(26)12-23-19(27)16-6-3-14(21)11-17(16)22/h1-6,11H,7-10,12H2,(H,23,27). The van der Waals surface area contributed by atoms with E-state index in [4.69, 9.17) is 11.6 Å². The molecule has 160 valence electrons. The fraction of sp³-hybridized carbons (Fsp3) is 0.263. The highest BCUT2D eigenvalue weighted by Gasteiger charge is 2.30. The second-order valence-electron chi connectivity index (χ2n) is 6.55. The van der Waals surface area contributed by atoms with Gasteiger partial charge in [0.25, 0.3) is 5.91 Å². The number of hydrogen-bond acceptors (Lipinski definition) is 4. The maximum atomic E-state index is 13.6. The molecule has 0 aromatic heterocycles. The Bertz CT molecular complexity index is 1060. The predicted molar refractivity (Wildman–Crippen MR) is 105 cm³/mol. The molecule has 11 heteroatoms. The SMILES string of the molecule is O=C(NCC(=O)N1CCN(S(=O)(=O)c2ccc(Cl)cc2)CC1)c1ccc(F)cc1F. The van der Waals surface area contributed by atoms with Crippen LogP contribution in [0.25, 0.3) is 0 Å². The van der Waals surface area contributed by atoms with Gasteiger partial charge in [-0.3, -0.25) is 9.59 Å². The van der Waals surface area contributed by atoms with Crippen molar-refractivity contribution in [3.05, 3.63) is 64.7 Å². The Morgan fingerprint density at radius 1 is 1.00 bits per heavy atom. The van der Waals surface area contributed by atoms with Crippen molar-refractivity contribution < 1.29 is 26.8 Å². The summed E-state index contributed by atoms with van der Waals surface area (Å²) in [5.74, 6) is -3.12. The molecule has 1 aliphatic rings. The third-order valence-corrected chi connectivity index (χ3v) is 6.78. The lowest BCUT2D eigenvalue weighted by atomic mass is 10.2. The van der Waals surface area contributed by atoms with Gasteiger partial charge in [0.15, 0.2) is 0 Å². The summed E-state index contributed by atoms with van der Waals surface area (Å²) in [5, 5.41) is 2.72. The molecule has 30 heavy (non-hydrogen) atoms. The second-order valence-corrected chi connectivity index (χ2v) is 8.92. The normalized spacial score (nSPS) is 15.1. The third-order valence-electron chi connectivity index (χ3n) is 4.62. The molecule has 7 nitrogen and oxygen atoms in total. The van der Waals surface area contributed by atoms with Gasteiger partial charge in [0, 0.05) is 37.3 Å². The van der Waals surface area contributed by atoms with Gasteiger partial charge in [-0.25, -0.2) is 17.2 Å². The first-order chi connectivity index (χ1) is 14.2. The number of carbonyl (C=O) groups excluding carboxylic acids is 2. The lowest BCUT2D eigenvalue weighted by Crippen LogP contribution is -2.52. The highest BCUT2D eigenvalue weighted by atomic mass is 35.5. The molecule has 0 bridgehead atoms. The van der Waals surface area contributed by atoms with Crippen molar-refractivity contribution in [2.24, 2.45) is 0 Å². The van der Waals surface area contributed by atoms with Crippen molar-refractivity contribution >= 4 is 33.4 Å². The predicted octanol–water partition coefficient (Wildman–Crippen LogP) is 1.88. The molecule has 0 atom stereocenters. The Balaban J connectivity index is 1.54. The topological polar surface area (TPSA) is 86.8 Å². The molecule has 1 N–H and O–H groups in total. The zero-order chi connectivity index (χ0) is 21.9. The van der Waals surface area contributed by atoms with Crippen LogP contribution in [0.4, 0.5) is 8.78 Å². The summed E-state index contributed by atoms with van der Waals surface area (Å²) in [7, 11) is -3.70. The van der Waals surface area contributed by atoms with E-state index in [-0.39, 0.29) is 43.2 Å². The van der Waals surface area contributed by atoms with Gasteiger partial charge in [0.2, 0.25) is 15.9 Å². The third kappa shape index (κ3) is 4.94. The van der Waals surface area contributed by atoms with Crippen LogP contribution in [-0.2, 0) is 14.8 Å². The number of rotatable bonds is 5. The number of carbonyl (C=O) groups is 2. The van der Waals surface area contributed by atoms with Crippen molar-refractivity contribution in [1.29, 1.82) is 0 Å². The van der Waals surface area contributed by atoms with Crippen LogP contribution in [0.5, 0.6) is 0 Å². The van der Waals surface area contributed by atoms with Gasteiger partial charge >= 0.3 is 0 Å². The summed E-state index contributed by atoms with van der Waals surface area (Å²) >= 11 is 5.79. The molecule has 0 spiro atoms. The second kappa shape index (κ2) is 9.07. The molecule has 2 aromatic carbocycles. The Morgan fingerprint density at radius 2 is 1.63 bits per heavy atom. The van der Waals surface area contributed by atoms with Crippen molar-refractivity contribution in [1.82, 2.24) is 14.5 Å². The van der Waals surface area contributed by atoms with Crippen LogP contribution in [0.3, 0.4) is 0 Å². The number of halogens is 3. The van der Waals surface area contributed by atoms with E-state index in [0.717, 1.165) is 12.1 Å². The fourth-order valence-electron chi connectivity index (χ4n) is 2.97. The molecule has 1 heterocycles. The number of hydrogen-bond donors (Lipinski definition) is 1. The van der Waals surface area contributed by atoms with Crippen molar-refractivity contribution in [2.75, 3.05) is 32.7 Å². The smallest absolute Gasteiger partial charge is 0.254 e. The highest BCUT2D eigenvalue weighted by molar-refractivity contribution is 7.89. The van der Waals surface area contributed by atoms with Crippen LogP contribution < -0.4 is 5.32 Å². The lowest BCUT2D eigenvalue weighted by molar-refractivity contribution is -0.131. The van der Waals surface area contributed by atoms with Crippen molar-refractivity contribution in [2.45, 2.75) is 4.90 Å². The molecule has 1 fully saturated rings. The summed E-state index contributed by atoms with van der Waals surface area (Å²) in [6.45, 7) is 0.0902. The van der Waals surface area contributed by atoms with E-state index >= 15 is 0 Å². The number of piperazine rings is 1. The van der Waals surface area contributed by atoms with Crippen molar-refractivity contribution in [3.63, 3.8) is 0 Å². The molecule has 3 rings (SSSR count). The van der Waals surface area contributed by atoms with E-state index in [1.54, 1.807) is 0 Å². The molecule has 0 aliphatic carbocycles. The Kier molecular flexibility index (Phi) is 6.69. The number of nitrogens with zero attached hydrogens (tertiary/aromatic N) is 2. The summed E-state index contributed by atoms with van der Waals surface area (Å²) in [6.07, 6.45) is 0. The fourth-order valence-corrected chi connectivity index (χ4v) is 4.52. The van der Waals surface area contributed by atoms with Gasteiger partial charge in [0.05, 0.1) is 17.0 Å². The Morgan fingerprint density at radius 3 is 2.23 bits per heavy atom. The first-order valence-electron chi connectivity index (χ1n) is 8.95. The number of amides is 2. The quantitative estimate of drug-likeness (QED) is 0.742. The largest absolute Gasteiger partial charge is 0.343 e.